The van der Waals surface area contributed by atoms with Crippen LogP contribution in [0.25, 0.3) is 11.0 Å². The van der Waals surface area contributed by atoms with Crippen molar-refractivity contribution in [2.45, 2.75) is 39.2 Å². The van der Waals surface area contributed by atoms with Gasteiger partial charge in [0.05, 0.1) is 23.8 Å². The molecule has 1 N–H and O–H groups in total. The number of H-pyrrole nitrogens is 1. The number of aromatic amines is 1. The number of imidazole rings is 1. The SMILES string of the molecule is Cc1ccc2nc(C3CCCN(Cc4cnc(C)o4)C3)[nH]c2c1. The third kappa shape index (κ3) is 3.01. The molecule has 4 rings (SSSR count). The minimum Gasteiger partial charge on any atom is -0.445 e. The molecule has 1 unspecified atom stereocenters. The highest BCUT2D eigenvalue weighted by Crippen LogP contribution is 2.27. The Morgan fingerprint density at radius 2 is 2.26 bits per heavy atom. The summed E-state index contributed by atoms with van der Waals surface area (Å²) in [6.45, 7) is 6.95. The Bertz CT molecular complexity index is 819. The van der Waals surface area contributed by atoms with E-state index in [1.165, 1.54) is 18.4 Å². The van der Waals surface area contributed by atoms with E-state index < -0.39 is 0 Å². The highest BCUT2D eigenvalue weighted by Gasteiger charge is 2.24. The Morgan fingerprint density at radius 3 is 3.09 bits per heavy atom. The number of benzene rings is 1. The fourth-order valence-electron chi connectivity index (χ4n) is 3.46. The monoisotopic (exact) mass is 310 g/mol. The van der Waals surface area contributed by atoms with E-state index in [0.717, 1.165) is 48.1 Å². The van der Waals surface area contributed by atoms with Crippen molar-refractivity contribution in [2.75, 3.05) is 13.1 Å². The molecule has 1 aromatic carbocycles. The Morgan fingerprint density at radius 1 is 1.35 bits per heavy atom. The number of fused-ring (bicyclic) bond motifs is 1. The van der Waals surface area contributed by atoms with Gasteiger partial charge in [-0.05, 0) is 44.0 Å². The van der Waals surface area contributed by atoms with Crippen LogP contribution in [0.3, 0.4) is 0 Å². The lowest BCUT2D eigenvalue weighted by molar-refractivity contribution is 0.183. The minimum atomic E-state index is 0.459. The maximum Gasteiger partial charge on any atom is 0.191 e. The summed E-state index contributed by atoms with van der Waals surface area (Å²) in [4.78, 5) is 14.9. The van der Waals surface area contributed by atoms with Gasteiger partial charge in [0, 0.05) is 19.4 Å². The zero-order chi connectivity index (χ0) is 15.8. The molecule has 1 aliphatic heterocycles. The van der Waals surface area contributed by atoms with Crippen LogP contribution in [0.15, 0.2) is 28.8 Å². The molecule has 1 fully saturated rings. The summed E-state index contributed by atoms with van der Waals surface area (Å²) in [5.41, 5.74) is 3.47. The molecule has 120 valence electrons. The van der Waals surface area contributed by atoms with Gasteiger partial charge < -0.3 is 9.40 Å². The Labute approximate surface area is 135 Å². The van der Waals surface area contributed by atoms with Gasteiger partial charge in [-0.1, -0.05) is 6.07 Å². The summed E-state index contributed by atoms with van der Waals surface area (Å²) in [5, 5.41) is 0. The van der Waals surface area contributed by atoms with Crippen LogP contribution in [-0.4, -0.2) is 32.9 Å². The predicted octanol–water partition coefficient (Wildman–Crippen LogP) is 3.55. The Kier molecular flexibility index (Phi) is 3.65. The van der Waals surface area contributed by atoms with E-state index in [2.05, 4.69) is 40.0 Å². The molecule has 0 amide bonds. The van der Waals surface area contributed by atoms with Gasteiger partial charge in [-0.25, -0.2) is 9.97 Å². The molecular formula is C18H22N4O. The first-order valence-electron chi connectivity index (χ1n) is 8.27. The molecule has 1 aliphatic rings. The normalized spacial score (nSPS) is 19.5. The standard InChI is InChI=1S/C18H22N4O/c1-12-5-6-16-17(8-12)21-18(20-16)14-4-3-7-22(10-14)11-15-9-19-13(2)23-15/h5-6,8-9,14H,3-4,7,10-11H2,1-2H3,(H,20,21). The molecule has 5 nitrogen and oxygen atoms in total. The van der Waals surface area contributed by atoms with Crippen LogP contribution in [0.1, 0.15) is 41.8 Å². The highest BCUT2D eigenvalue weighted by molar-refractivity contribution is 5.75. The second-order valence-electron chi connectivity index (χ2n) is 6.56. The second-order valence-corrected chi connectivity index (χ2v) is 6.56. The van der Waals surface area contributed by atoms with Gasteiger partial charge in [-0.15, -0.1) is 0 Å². The fourth-order valence-corrected chi connectivity index (χ4v) is 3.46. The number of nitrogens with zero attached hydrogens (tertiary/aromatic N) is 3. The molecule has 2 aromatic heterocycles. The number of oxazole rings is 1. The molecule has 3 heterocycles. The van der Waals surface area contributed by atoms with Crippen molar-refractivity contribution < 1.29 is 4.42 Å². The first kappa shape index (κ1) is 14.5. The smallest absolute Gasteiger partial charge is 0.191 e. The summed E-state index contributed by atoms with van der Waals surface area (Å²) >= 11 is 0. The van der Waals surface area contributed by atoms with Gasteiger partial charge in [0.15, 0.2) is 5.89 Å². The van der Waals surface area contributed by atoms with E-state index in [0.29, 0.717) is 5.92 Å². The summed E-state index contributed by atoms with van der Waals surface area (Å²) in [7, 11) is 0. The Hall–Kier alpha value is -2.14. The van der Waals surface area contributed by atoms with Crippen LogP contribution in [0.4, 0.5) is 0 Å². The summed E-state index contributed by atoms with van der Waals surface area (Å²) in [5.74, 6) is 3.26. The number of aryl methyl sites for hydroxylation is 2. The topological polar surface area (TPSA) is 58.0 Å². The first-order chi connectivity index (χ1) is 11.2. The molecule has 0 saturated carbocycles. The zero-order valence-corrected chi connectivity index (χ0v) is 13.7. The number of hydrogen-bond acceptors (Lipinski definition) is 4. The first-order valence-corrected chi connectivity index (χ1v) is 8.27. The summed E-state index contributed by atoms with van der Waals surface area (Å²) in [6, 6.07) is 6.39. The minimum absolute atomic E-state index is 0.459. The van der Waals surface area contributed by atoms with Crippen LogP contribution in [0, 0.1) is 13.8 Å². The van der Waals surface area contributed by atoms with Crippen molar-refractivity contribution in [2.24, 2.45) is 0 Å². The third-order valence-electron chi connectivity index (χ3n) is 4.60. The van der Waals surface area contributed by atoms with E-state index in [1.54, 1.807) is 0 Å². The summed E-state index contributed by atoms with van der Waals surface area (Å²) < 4.78 is 5.61. The van der Waals surface area contributed by atoms with Crippen LogP contribution in [0.5, 0.6) is 0 Å². The molecule has 1 saturated heterocycles. The lowest BCUT2D eigenvalue weighted by Gasteiger charge is -2.30. The van der Waals surface area contributed by atoms with Gasteiger partial charge in [-0.2, -0.15) is 0 Å². The van der Waals surface area contributed by atoms with Crippen LogP contribution in [-0.2, 0) is 6.54 Å². The highest BCUT2D eigenvalue weighted by atomic mass is 16.4. The lowest BCUT2D eigenvalue weighted by atomic mass is 9.97. The lowest BCUT2D eigenvalue weighted by Crippen LogP contribution is -2.34. The second kappa shape index (κ2) is 5.81. The van der Waals surface area contributed by atoms with Crippen LogP contribution < -0.4 is 0 Å². The van der Waals surface area contributed by atoms with Crippen LogP contribution >= 0.6 is 0 Å². The molecule has 0 spiro atoms. The number of nitrogens with one attached hydrogen (secondary N) is 1. The molecule has 0 radical (unpaired) electrons. The molecule has 23 heavy (non-hydrogen) atoms. The van der Waals surface area contributed by atoms with E-state index in [9.17, 15) is 0 Å². The third-order valence-corrected chi connectivity index (χ3v) is 4.60. The Balaban J connectivity index is 1.51. The molecule has 0 bridgehead atoms. The summed E-state index contributed by atoms with van der Waals surface area (Å²) in [6.07, 6.45) is 4.21. The fraction of sp³-hybridized carbons (Fsp3) is 0.444. The van der Waals surface area contributed by atoms with Crippen molar-refractivity contribution in [1.29, 1.82) is 0 Å². The van der Waals surface area contributed by atoms with Crippen molar-refractivity contribution in [3.05, 3.63) is 47.4 Å². The van der Waals surface area contributed by atoms with Crippen molar-refractivity contribution in [3.8, 4) is 0 Å². The van der Waals surface area contributed by atoms with Crippen molar-refractivity contribution >= 4 is 11.0 Å². The van der Waals surface area contributed by atoms with Crippen molar-refractivity contribution in [3.63, 3.8) is 0 Å². The van der Waals surface area contributed by atoms with Gasteiger partial charge in [0.25, 0.3) is 0 Å². The molecular weight excluding hydrogens is 288 g/mol. The van der Waals surface area contributed by atoms with Gasteiger partial charge >= 0.3 is 0 Å². The zero-order valence-electron chi connectivity index (χ0n) is 13.7. The van der Waals surface area contributed by atoms with Crippen molar-refractivity contribution in [1.82, 2.24) is 19.9 Å². The largest absolute Gasteiger partial charge is 0.445 e. The number of aromatic nitrogens is 3. The number of rotatable bonds is 3. The van der Waals surface area contributed by atoms with Gasteiger partial charge in [0.2, 0.25) is 0 Å². The van der Waals surface area contributed by atoms with E-state index in [4.69, 9.17) is 9.40 Å². The van der Waals surface area contributed by atoms with Gasteiger partial charge in [0.1, 0.15) is 11.6 Å². The van der Waals surface area contributed by atoms with E-state index in [-0.39, 0.29) is 0 Å². The predicted molar refractivity (Wildman–Crippen MR) is 89.3 cm³/mol. The van der Waals surface area contributed by atoms with Crippen LogP contribution in [0.2, 0.25) is 0 Å². The average Bonchev–Trinajstić information content (AvgIpc) is 3.13. The van der Waals surface area contributed by atoms with E-state index >= 15 is 0 Å². The molecule has 3 aromatic rings. The number of hydrogen-bond donors (Lipinski definition) is 1. The number of likely N-dealkylation sites (tertiary alicyclic amines) is 1. The quantitative estimate of drug-likeness (QED) is 0.804. The maximum atomic E-state index is 5.61. The molecule has 5 heteroatoms. The maximum absolute atomic E-state index is 5.61. The molecule has 1 atom stereocenters. The van der Waals surface area contributed by atoms with E-state index in [1.807, 2.05) is 13.1 Å². The average molecular weight is 310 g/mol. The number of piperidine rings is 1. The molecule has 0 aliphatic carbocycles. The van der Waals surface area contributed by atoms with Gasteiger partial charge in [-0.3, -0.25) is 4.90 Å².